The minimum absolute atomic E-state index is 0.239. The Hall–Kier alpha value is -0.960. The van der Waals surface area contributed by atoms with E-state index in [1.165, 1.54) is 11.3 Å². The van der Waals surface area contributed by atoms with Crippen molar-refractivity contribution in [3.63, 3.8) is 0 Å². The molecule has 0 aliphatic carbocycles. The van der Waals surface area contributed by atoms with Crippen LogP contribution in [0.3, 0.4) is 0 Å². The first kappa shape index (κ1) is 9.59. The number of hydrogen-bond acceptors (Lipinski definition) is 3. The third kappa shape index (κ3) is 1.77. The fraction of sp³-hybridized carbons (Fsp3) is 0.636. The van der Waals surface area contributed by atoms with Crippen LogP contribution in [0.15, 0.2) is 12.5 Å². The molecule has 3 nitrogen and oxygen atoms in total. The Morgan fingerprint density at radius 1 is 1.36 bits per heavy atom. The van der Waals surface area contributed by atoms with Gasteiger partial charge in [-0.15, -0.1) is 0 Å². The van der Waals surface area contributed by atoms with Gasteiger partial charge in [0.15, 0.2) is 0 Å². The molecule has 2 rings (SSSR count). The van der Waals surface area contributed by atoms with Gasteiger partial charge in [-0.2, -0.15) is 0 Å². The summed E-state index contributed by atoms with van der Waals surface area (Å²) in [6.07, 6.45) is 4.67. The van der Waals surface area contributed by atoms with Gasteiger partial charge in [-0.05, 0) is 32.8 Å². The van der Waals surface area contributed by atoms with Crippen molar-refractivity contribution in [2.45, 2.75) is 39.3 Å². The van der Waals surface area contributed by atoms with Crippen molar-refractivity contribution < 1.29 is 0 Å². The van der Waals surface area contributed by atoms with E-state index in [-0.39, 0.29) is 5.54 Å². The molecule has 0 aromatic carbocycles. The van der Waals surface area contributed by atoms with Gasteiger partial charge in [-0.3, -0.25) is 4.90 Å². The van der Waals surface area contributed by atoms with Crippen LogP contribution < -0.4 is 0 Å². The summed E-state index contributed by atoms with van der Waals surface area (Å²) in [4.78, 5) is 10.8. The zero-order valence-corrected chi connectivity index (χ0v) is 9.12. The first-order valence-corrected chi connectivity index (χ1v) is 5.10. The Morgan fingerprint density at radius 2 is 2.14 bits per heavy atom. The smallest absolute Gasteiger partial charge is 0.115 e. The van der Waals surface area contributed by atoms with Gasteiger partial charge in [-0.1, -0.05) is 0 Å². The normalized spacial score (nSPS) is 17.9. The average molecular weight is 191 g/mol. The first-order chi connectivity index (χ1) is 6.57. The Kier molecular flexibility index (Phi) is 2.27. The molecule has 14 heavy (non-hydrogen) atoms. The third-order valence-corrected chi connectivity index (χ3v) is 2.82. The Balaban J connectivity index is 2.22. The maximum Gasteiger partial charge on any atom is 0.115 e. The second kappa shape index (κ2) is 3.31. The highest BCUT2D eigenvalue weighted by Gasteiger charge is 2.25. The lowest BCUT2D eigenvalue weighted by Gasteiger charge is -2.38. The van der Waals surface area contributed by atoms with Crippen molar-refractivity contribution in [3.05, 3.63) is 23.8 Å². The zero-order valence-electron chi connectivity index (χ0n) is 9.12. The molecule has 0 fully saturated rings. The topological polar surface area (TPSA) is 29.0 Å². The summed E-state index contributed by atoms with van der Waals surface area (Å²) in [5.41, 5.74) is 2.75. The molecule has 0 N–H and O–H groups in total. The number of nitrogens with zero attached hydrogens (tertiary/aromatic N) is 3. The largest absolute Gasteiger partial charge is 0.292 e. The predicted molar refractivity (Wildman–Crippen MR) is 55.9 cm³/mol. The third-order valence-electron chi connectivity index (χ3n) is 2.82. The molecule has 2 heterocycles. The zero-order chi connectivity index (χ0) is 10.2. The Morgan fingerprint density at radius 3 is 2.86 bits per heavy atom. The molecule has 76 valence electrons. The summed E-state index contributed by atoms with van der Waals surface area (Å²) in [5.74, 6) is 0. The van der Waals surface area contributed by atoms with Crippen LogP contribution in [0.4, 0.5) is 0 Å². The van der Waals surface area contributed by atoms with E-state index in [0.29, 0.717) is 0 Å². The Labute approximate surface area is 85.2 Å². The SMILES string of the molecule is CC(C)(C)N1CCc2cncnc2C1. The fourth-order valence-electron chi connectivity index (χ4n) is 1.82. The van der Waals surface area contributed by atoms with E-state index in [0.717, 1.165) is 19.5 Å². The van der Waals surface area contributed by atoms with Gasteiger partial charge in [0.1, 0.15) is 6.33 Å². The molecule has 1 aromatic heterocycles. The second-order valence-corrected chi connectivity index (χ2v) is 4.84. The lowest BCUT2D eigenvalue weighted by Crippen LogP contribution is -2.44. The van der Waals surface area contributed by atoms with E-state index >= 15 is 0 Å². The molecular weight excluding hydrogens is 174 g/mol. The van der Waals surface area contributed by atoms with Crippen LogP contribution >= 0.6 is 0 Å². The minimum atomic E-state index is 0.239. The van der Waals surface area contributed by atoms with Crippen LogP contribution in [0.1, 0.15) is 32.0 Å². The molecule has 0 atom stereocenters. The second-order valence-electron chi connectivity index (χ2n) is 4.84. The van der Waals surface area contributed by atoms with Gasteiger partial charge in [-0.25, -0.2) is 9.97 Å². The van der Waals surface area contributed by atoms with E-state index in [2.05, 4.69) is 35.6 Å². The highest BCUT2D eigenvalue weighted by atomic mass is 15.2. The summed E-state index contributed by atoms with van der Waals surface area (Å²) in [5, 5.41) is 0. The van der Waals surface area contributed by atoms with Crippen molar-refractivity contribution in [3.8, 4) is 0 Å². The monoisotopic (exact) mass is 191 g/mol. The van der Waals surface area contributed by atoms with Crippen LogP contribution in [-0.4, -0.2) is 27.0 Å². The molecule has 1 aliphatic rings. The molecule has 0 spiro atoms. The highest BCUT2D eigenvalue weighted by molar-refractivity contribution is 5.19. The molecular formula is C11H17N3. The molecule has 0 saturated carbocycles. The average Bonchev–Trinajstić information content (AvgIpc) is 2.16. The first-order valence-electron chi connectivity index (χ1n) is 5.10. The molecule has 0 amide bonds. The van der Waals surface area contributed by atoms with Crippen LogP contribution in [0.2, 0.25) is 0 Å². The van der Waals surface area contributed by atoms with Gasteiger partial charge in [0.25, 0.3) is 0 Å². The number of rotatable bonds is 0. The number of hydrogen-bond donors (Lipinski definition) is 0. The fourth-order valence-corrected chi connectivity index (χ4v) is 1.82. The van der Waals surface area contributed by atoms with E-state index in [9.17, 15) is 0 Å². The Bertz CT molecular complexity index is 328. The quantitative estimate of drug-likeness (QED) is 0.624. The van der Waals surface area contributed by atoms with Gasteiger partial charge in [0, 0.05) is 24.8 Å². The van der Waals surface area contributed by atoms with Gasteiger partial charge in [0.05, 0.1) is 5.69 Å². The molecule has 0 saturated heterocycles. The van der Waals surface area contributed by atoms with Crippen LogP contribution in [0.25, 0.3) is 0 Å². The predicted octanol–water partition coefficient (Wildman–Crippen LogP) is 1.63. The van der Waals surface area contributed by atoms with Crippen molar-refractivity contribution in [2.75, 3.05) is 6.54 Å². The minimum Gasteiger partial charge on any atom is -0.292 e. The summed E-state index contributed by atoms with van der Waals surface area (Å²) >= 11 is 0. The lowest BCUT2D eigenvalue weighted by atomic mass is 9.99. The summed E-state index contributed by atoms with van der Waals surface area (Å²) in [7, 11) is 0. The summed E-state index contributed by atoms with van der Waals surface area (Å²) in [6, 6.07) is 0. The number of fused-ring (bicyclic) bond motifs is 1. The summed E-state index contributed by atoms with van der Waals surface area (Å²) < 4.78 is 0. The van der Waals surface area contributed by atoms with Crippen molar-refractivity contribution in [1.29, 1.82) is 0 Å². The van der Waals surface area contributed by atoms with E-state index in [4.69, 9.17) is 0 Å². The molecule has 3 heteroatoms. The van der Waals surface area contributed by atoms with Gasteiger partial charge >= 0.3 is 0 Å². The molecule has 0 bridgehead atoms. The van der Waals surface area contributed by atoms with Gasteiger partial charge < -0.3 is 0 Å². The van der Waals surface area contributed by atoms with Crippen molar-refractivity contribution >= 4 is 0 Å². The molecule has 0 radical (unpaired) electrons. The number of aromatic nitrogens is 2. The van der Waals surface area contributed by atoms with Gasteiger partial charge in [0.2, 0.25) is 0 Å². The van der Waals surface area contributed by atoms with Crippen LogP contribution in [0.5, 0.6) is 0 Å². The maximum atomic E-state index is 4.33. The molecule has 1 aromatic rings. The summed E-state index contributed by atoms with van der Waals surface area (Å²) in [6.45, 7) is 8.82. The standard InChI is InChI=1S/C11H17N3/c1-11(2,3)14-5-4-9-6-12-8-13-10(9)7-14/h6,8H,4-5,7H2,1-3H3. The lowest BCUT2D eigenvalue weighted by molar-refractivity contribution is 0.118. The molecule has 1 aliphatic heterocycles. The van der Waals surface area contributed by atoms with Crippen LogP contribution in [0, 0.1) is 0 Å². The molecule has 0 unspecified atom stereocenters. The van der Waals surface area contributed by atoms with E-state index in [1.807, 2.05) is 6.20 Å². The van der Waals surface area contributed by atoms with E-state index < -0.39 is 0 Å². The maximum absolute atomic E-state index is 4.33. The van der Waals surface area contributed by atoms with Crippen molar-refractivity contribution in [2.24, 2.45) is 0 Å². The van der Waals surface area contributed by atoms with Crippen LogP contribution in [-0.2, 0) is 13.0 Å². The van der Waals surface area contributed by atoms with Crippen molar-refractivity contribution in [1.82, 2.24) is 14.9 Å². The van der Waals surface area contributed by atoms with E-state index in [1.54, 1.807) is 6.33 Å². The highest BCUT2D eigenvalue weighted by Crippen LogP contribution is 2.22.